The summed E-state index contributed by atoms with van der Waals surface area (Å²) < 4.78 is 82.2. The van der Waals surface area contributed by atoms with E-state index in [9.17, 15) is 22.0 Å². The van der Waals surface area contributed by atoms with Gasteiger partial charge in [0.25, 0.3) is 0 Å². The molecule has 0 amide bonds. The topological polar surface area (TPSA) is 72.4 Å². The molecule has 12 heteroatoms. The number of nitrogens with zero attached hydrogens (tertiary/aromatic N) is 4. The number of rotatable bonds is 4. The number of halogens is 5. The van der Waals surface area contributed by atoms with Gasteiger partial charge in [0.15, 0.2) is 18.1 Å². The van der Waals surface area contributed by atoms with Gasteiger partial charge in [0.05, 0.1) is 41.2 Å². The molecule has 202 valence electrons. The summed E-state index contributed by atoms with van der Waals surface area (Å²) in [6.07, 6.45) is -3.12. The summed E-state index contributed by atoms with van der Waals surface area (Å²) in [4.78, 5) is 5.82. The van der Waals surface area contributed by atoms with Crippen molar-refractivity contribution in [1.82, 2.24) is 15.2 Å². The van der Waals surface area contributed by atoms with Crippen LogP contribution >= 0.6 is 0 Å². The van der Waals surface area contributed by atoms with Crippen LogP contribution in [0.25, 0.3) is 10.9 Å². The smallest absolute Gasteiger partial charge is 0.435 e. The van der Waals surface area contributed by atoms with Crippen LogP contribution in [0.1, 0.15) is 48.3 Å². The SMILES string of the molecule is Cc1nnc(N[C@H](C)c2cccc3c2OCC3(F)F)c2cc(N3CC4CCOCC3C4)c(C(F)(F)F)nc12. The van der Waals surface area contributed by atoms with E-state index in [4.69, 9.17) is 9.47 Å². The van der Waals surface area contributed by atoms with Crippen molar-refractivity contribution < 1.29 is 31.4 Å². The second kappa shape index (κ2) is 8.89. The van der Waals surface area contributed by atoms with Crippen molar-refractivity contribution in [3.05, 3.63) is 46.8 Å². The fourth-order valence-electron chi connectivity index (χ4n) is 5.73. The zero-order valence-electron chi connectivity index (χ0n) is 20.8. The summed E-state index contributed by atoms with van der Waals surface area (Å²) in [5.41, 5.74) is -0.378. The van der Waals surface area contributed by atoms with Crippen molar-refractivity contribution in [3.63, 3.8) is 0 Å². The zero-order chi connectivity index (χ0) is 26.8. The Balaban J connectivity index is 1.44. The van der Waals surface area contributed by atoms with Gasteiger partial charge >= 0.3 is 12.1 Å². The first-order chi connectivity index (χ1) is 18.0. The van der Waals surface area contributed by atoms with Gasteiger partial charge in [0.1, 0.15) is 5.75 Å². The van der Waals surface area contributed by atoms with Gasteiger partial charge in [0.2, 0.25) is 0 Å². The lowest BCUT2D eigenvalue weighted by Crippen LogP contribution is -2.36. The molecule has 1 N–H and O–H groups in total. The summed E-state index contributed by atoms with van der Waals surface area (Å²) in [6, 6.07) is 5.25. The van der Waals surface area contributed by atoms with Gasteiger partial charge in [-0.1, -0.05) is 12.1 Å². The Bertz CT molecular complexity index is 1400. The van der Waals surface area contributed by atoms with Crippen LogP contribution < -0.4 is 15.0 Å². The molecule has 38 heavy (non-hydrogen) atoms. The third-order valence-corrected chi connectivity index (χ3v) is 7.62. The molecule has 0 saturated carbocycles. The maximum Gasteiger partial charge on any atom is 0.435 e. The number of aromatic nitrogens is 3. The second-order valence-electron chi connectivity index (χ2n) is 10.2. The Morgan fingerprint density at radius 3 is 2.82 bits per heavy atom. The quantitative estimate of drug-likeness (QED) is 0.435. The number of pyridine rings is 1. The molecule has 2 saturated heterocycles. The van der Waals surface area contributed by atoms with Crippen LogP contribution in [0.4, 0.5) is 33.5 Å². The predicted molar refractivity (Wildman–Crippen MR) is 130 cm³/mol. The highest BCUT2D eigenvalue weighted by molar-refractivity contribution is 5.93. The lowest BCUT2D eigenvalue weighted by atomic mass is 10.0. The summed E-state index contributed by atoms with van der Waals surface area (Å²) in [5, 5.41) is 11.8. The first kappa shape index (κ1) is 25.0. The molecule has 2 unspecified atom stereocenters. The summed E-state index contributed by atoms with van der Waals surface area (Å²) in [5.74, 6) is -2.54. The Labute approximate surface area is 215 Å². The van der Waals surface area contributed by atoms with Crippen molar-refractivity contribution in [3.8, 4) is 5.75 Å². The standard InChI is InChI=1S/C26H26F5N5O2/c1-13(17-4-3-5-19-22(17)38-12-25(19,27)28)32-24-18-9-20(36-10-15-6-7-37-11-16(36)8-15)23(26(29,30)31)33-21(18)14(2)34-35-24/h3-5,9,13,15-16H,6-8,10-12H2,1-2H3,(H,32,35)/t13-,15?,16?/m1/s1. The van der Waals surface area contributed by atoms with Crippen molar-refractivity contribution >= 4 is 22.4 Å². The third kappa shape index (κ3) is 4.18. The lowest BCUT2D eigenvalue weighted by molar-refractivity contribution is -0.140. The minimum Gasteiger partial charge on any atom is -0.486 e. The van der Waals surface area contributed by atoms with Gasteiger partial charge < -0.3 is 19.7 Å². The van der Waals surface area contributed by atoms with Gasteiger partial charge in [-0.25, -0.2) is 4.98 Å². The number of anilines is 2. The largest absolute Gasteiger partial charge is 0.486 e. The van der Waals surface area contributed by atoms with Crippen LogP contribution in [0.3, 0.4) is 0 Å². The minimum absolute atomic E-state index is 0.0188. The maximum atomic E-state index is 14.3. The van der Waals surface area contributed by atoms with E-state index in [1.165, 1.54) is 18.2 Å². The highest BCUT2D eigenvalue weighted by atomic mass is 19.4. The van der Waals surface area contributed by atoms with Gasteiger partial charge in [-0.05, 0) is 44.7 Å². The Hall–Kier alpha value is -3.28. The van der Waals surface area contributed by atoms with Crippen LogP contribution in [-0.2, 0) is 16.8 Å². The Morgan fingerprint density at radius 1 is 1.21 bits per heavy atom. The molecule has 3 atom stereocenters. The van der Waals surface area contributed by atoms with E-state index >= 15 is 0 Å². The summed E-state index contributed by atoms with van der Waals surface area (Å²) in [7, 11) is 0. The van der Waals surface area contributed by atoms with Crippen molar-refractivity contribution in [1.29, 1.82) is 0 Å². The number of ether oxygens (including phenoxy) is 2. The molecule has 0 aliphatic carbocycles. The fraction of sp³-hybridized carbons (Fsp3) is 0.500. The average Bonchev–Trinajstić information content (AvgIpc) is 3.31. The van der Waals surface area contributed by atoms with Gasteiger partial charge in [-0.2, -0.15) is 27.1 Å². The molecule has 7 nitrogen and oxygen atoms in total. The molecule has 2 aromatic heterocycles. The lowest BCUT2D eigenvalue weighted by Gasteiger charge is -2.30. The Kier molecular flexibility index (Phi) is 5.85. The number of alkyl halides is 5. The molecule has 0 spiro atoms. The monoisotopic (exact) mass is 535 g/mol. The number of benzene rings is 1. The molecule has 3 aromatic rings. The van der Waals surface area contributed by atoms with Crippen LogP contribution in [0.5, 0.6) is 5.75 Å². The van der Waals surface area contributed by atoms with E-state index in [-0.39, 0.29) is 46.0 Å². The fourth-order valence-corrected chi connectivity index (χ4v) is 5.73. The second-order valence-corrected chi connectivity index (χ2v) is 10.2. The predicted octanol–water partition coefficient (Wildman–Crippen LogP) is 5.62. The summed E-state index contributed by atoms with van der Waals surface area (Å²) in [6.45, 7) is 4.00. The average molecular weight is 536 g/mol. The zero-order valence-corrected chi connectivity index (χ0v) is 20.8. The van der Waals surface area contributed by atoms with Gasteiger partial charge in [-0.3, -0.25) is 0 Å². The number of para-hydroxylation sites is 1. The first-order valence-electron chi connectivity index (χ1n) is 12.5. The van der Waals surface area contributed by atoms with Crippen LogP contribution in [0.15, 0.2) is 24.3 Å². The van der Waals surface area contributed by atoms with E-state index in [1.54, 1.807) is 24.8 Å². The van der Waals surface area contributed by atoms with E-state index in [1.807, 2.05) is 0 Å². The molecular weight excluding hydrogens is 509 g/mol. The van der Waals surface area contributed by atoms with Crippen molar-refractivity contribution in [2.45, 2.75) is 50.9 Å². The van der Waals surface area contributed by atoms with E-state index in [2.05, 4.69) is 20.5 Å². The number of hydrogen-bond acceptors (Lipinski definition) is 7. The normalized spacial score (nSPS) is 23.2. The third-order valence-electron chi connectivity index (χ3n) is 7.62. The van der Waals surface area contributed by atoms with Gasteiger partial charge in [0, 0.05) is 24.1 Å². The highest BCUT2D eigenvalue weighted by Gasteiger charge is 2.44. The number of hydrogen-bond donors (Lipinski definition) is 1. The van der Waals surface area contributed by atoms with E-state index < -0.39 is 30.4 Å². The summed E-state index contributed by atoms with van der Waals surface area (Å²) >= 11 is 0. The first-order valence-corrected chi connectivity index (χ1v) is 12.5. The molecule has 1 aromatic carbocycles. The number of fused-ring (bicyclic) bond motifs is 4. The van der Waals surface area contributed by atoms with Crippen molar-refractivity contribution in [2.75, 3.05) is 36.6 Å². The maximum absolute atomic E-state index is 14.3. The van der Waals surface area contributed by atoms with Gasteiger partial charge in [-0.15, -0.1) is 5.10 Å². The molecular formula is C26H26F5N5O2. The Morgan fingerprint density at radius 2 is 2.03 bits per heavy atom. The van der Waals surface area contributed by atoms with Crippen LogP contribution in [0.2, 0.25) is 0 Å². The minimum atomic E-state index is -4.68. The molecule has 5 heterocycles. The molecule has 2 fully saturated rings. The molecule has 2 bridgehead atoms. The molecule has 6 rings (SSSR count). The highest BCUT2D eigenvalue weighted by Crippen LogP contribution is 2.46. The molecule has 3 aliphatic heterocycles. The van der Waals surface area contributed by atoms with Crippen molar-refractivity contribution in [2.24, 2.45) is 5.92 Å². The van der Waals surface area contributed by atoms with E-state index in [0.29, 0.717) is 30.7 Å². The van der Waals surface area contributed by atoms with E-state index in [0.717, 1.165) is 12.8 Å². The molecule has 3 aliphatic rings. The van der Waals surface area contributed by atoms with Crippen LogP contribution in [-0.4, -0.2) is 47.6 Å². The number of aryl methyl sites for hydroxylation is 1. The number of nitrogens with one attached hydrogen (secondary N) is 1. The molecule has 0 radical (unpaired) electrons. The van der Waals surface area contributed by atoms with Crippen LogP contribution in [0, 0.1) is 12.8 Å².